The van der Waals surface area contributed by atoms with Crippen LogP contribution in [0.2, 0.25) is 0 Å². The van der Waals surface area contributed by atoms with Gasteiger partial charge in [0.1, 0.15) is 0 Å². The summed E-state index contributed by atoms with van der Waals surface area (Å²) in [5.41, 5.74) is 5.47. The Balaban J connectivity index is 1.86. The normalized spacial score (nSPS) is 14.2. The molecule has 1 aliphatic heterocycles. The lowest BCUT2D eigenvalue weighted by Crippen LogP contribution is -2.23. The SMILES string of the molecule is CC(C)=Cc1ccc2c(c1)C(=O)N(c1ccc(C(C)C(=O)O)cc1)C2. The molecule has 1 unspecified atom stereocenters. The van der Waals surface area contributed by atoms with Gasteiger partial charge in [-0.15, -0.1) is 0 Å². The average Bonchev–Trinajstić information content (AvgIpc) is 2.90. The van der Waals surface area contributed by atoms with Crippen LogP contribution in [-0.4, -0.2) is 17.0 Å². The first-order chi connectivity index (χ1) is 11.9. The van der Waals surface area contributed by atoms with Crippen molar-refractivity contribution in [2.45, 2.75) is 33.2 Å². The maximum atomic E-state index is 12.8. The molecule has 128 valence electrons. The molecular formula is C21H21NO3. The van der Waals surface area contributed by atoms with Gasteiger partial charge in [0, 0.05) is 11.3 Å². The molecule has 2 aromatic carbocycles. The molecule has 1 aliphatic rings. The molecule has 0 bridgehead atoms. The Hall–Kier alpha value is -2.88. The lowest BCUT2D eigenvalue weighted by molar-refractivity contribution is -0.138. The van der Waals surface area contributed by atoms with Crippen LogP contribution in [0.4, 0.5) is 5.69 Å². The van der Waals surface area contributed by atoms with Crippen molar-refractivity contribution < 1.29 is 14.7 Å². The summed E-state index contributed by atoms with van der Waals surface area (Å²) in [6, 6.07) is 13.2. The Morgan fingerprint density at radius 3 is 2.44 bits per heavy atom. The predicted octanol–water partition coefficient (Wildman–Crippen LogP) is 4.46. The van der Waals surface area contributed by atoms with Crippen LogP contribution in [0.5, 0.6) is 0 Å². The smallest absolute Gasteiger partial charge is 0.310 e. The van der Waals surface area contributed by atoms with Crippen molar-refractivity contribution in [2.24, 2.45) is 0 Å². The summed E-state index contributed by atoms with van der Waals surface area (Å²) in [7, 11) is 0. The van der Waals surface area contributed by atoms with Gasteiger partial charge in [-0.05, 0) is 55.7 Å². The lowest BCUT2D eigenvalue weighted by atomic mass is 10.0. The molecule has 0 aliphatic carbocycles. The lowest BCUT2D eigenvalue weighted by Gasteiger charge is -2.16. The van der Waals surface area contributed by atoms with Crippen molar-refractivity contribution in [3.63, 3.8) is 0 Å². The van der Waals surface area contributed by atoms with E-state index < -0.39 is 11.9 Å². The fourth-order valence-corrected chi connectivity index (χ4v) is 3.04. The standard InChI is InChI=1S/C21H21NO3/c1-13(2)10-15-4-5-17-12-22(20(23)19(17)11-15)18-8-6-16(7-9-18)14(3)21(24)25/h4-11,14H,12H2,1-3H3,(H,24,25). The minimum Gasteiger partial charge on any atom is -0.481 e. The summed E-state index contributed by atoms with van der Waals surface area (Å²) in [6.07, 6.45) is 2.05. The second-order valence-electron chi connectivity index (χ2n) is 6.68. The summed E-state index contributed by atoms with van der Waals surface area (Å²) in [4.78, 5) is 25.6. The molecule has 0 saturated heterocycles. The number of amides is 1. The maximum absolute atomic E-state index is 12.8. The fourth-order valence-electron chi connectivity index (χ4n) is 3.04. The van der Waals surface area contributed by atoms with Gasteiger partial charge in [0.2, 0.25) is 0 Å². The number of carbonyl (C=O) groups excluding carboxylic acids is 1. The van der Waals surface area contributed by atoms with Gasteiger partial charge in [-0.3, -0.25) is 9.59 Å². The minimum atomic E-state index is -0.857. The molecule has 25 heavy (non-hydrogen) atoms. The van der Waals surface area contributed by atoms with E-state index in [-0.39, 0.29) is 5.91 Å². The summed E-state index contributed by atoms with van der Waals surface area (Å²) in [5.74, 6) is -1.44. The number of aliphatic carboxylic acids is 1. The van der Waals surface area contributed by atoms with Crippen LogP contribution in [0.1, 0.15) is 53.7 Å². The number of hydrogen-bond acceptors (Lipinski definition) is 2. The zero-order valence-corrected chi connectivity index (χ0v) is 14.6. The molecule has 1 N–H and O–H groups in total. The number of anilines is 1. The number of rotatable bonds is 4. The number of nitrogens with zero attached hydrogens (tertiary/aromatic N) is 1. The van der Waals surface area contributed by atoms with Crippen molar-refractivity contribution in [3.05, 3.63) is 70.3 Å². The Bertz CT molecular complexity index is 861. The van der Waals surface area contributed by atoms with E-state index in [0.717, 1.165) is 27.9 Å². The van der Waals surface area contributed by atoms with E-state index in [0.29, 0.717) is 6.54 Å². The Morgan fingerprint density at radius 1 is 1.16 bits per heavy atom. The third kappa shape index (κ3) is 3.33. The van der Waals surface area contributed by atoms with Crippen molar-refractivity contribution in [2.75, 3.05) is 4.90 Å². The van der Waals surface area contributed by atoms with Gasteiger partial charge in [0.25, 0.3) is 5.91 Å². The topological polar surface area (TPSA) is 57.6 Å². The van der Waals surface area contributed by atoms with Crippen LogP contribution >= 0.6 is 0 Å². The molecule has 0 aromatic heterocycles. The fraction of sp³-hybridized carbons (Fsp3) is 0.238. The highest BCUT2D eigenvalue weighted by molar-refractivity contribution is 6.10. The molecule has 0 saturated carbocycles. The van der Waals surface area contributed by atoms with Gasteiger partial charge in [0.05, 0.1) is 12.5 Å². The van der Waals surface area contributed by atoms with Gasteiger partial charge >= 0.3 is 5.97 Å². The highest BCUT2D eigenvalue weighted by Crippen LogP contribution is 2.30. The van der Waals surface area contributed by atoms with Crippen LogP contribution in [0.3, 0.4) is 0 Å². The molecule has 4 heteroatoms. The van der Waals surface area contributed by atoms with Gasteiger partial charge in [-0.2, -0.15) is 0 Å². The summed E-state index contributed by atoms with van der Waals surface area (Å²) in [6.45, 7) is 6.25. The van der Waals surface area contributed by atoms with Crippen LogP contribution in [-0.2, 0) is 11.3 Å². The monoisotopic (exact) mass is 335 g/mol. The Labute approximate surface area is 147 Å². The van der Waals surface area contributed by atoms with Crippen molar-refractivity contribution >= 4 is 23.6 Å². The highest BCUT2D eigenvalue weighted by atomic mass is 16.4. The number of fused-ring (bicyclic) bond motifs is 1. The molecule has 4 nitrogen and oxygen atoms in total. The molecule has 1 amide bonds. The van der Waals surface area contributed by atoms with Gasteiger partial charge in [-0.25, -0.2) is 0 Å². The first kappa shape index (κ1) is 17.0. The molecule has 3 rings (SSSR count). The van der Waals surface area contributed by atoms with Crippen LogP contribution < -0.4 is 4.90 Å². The first-order valence-corrected chi connectivity index (χ1v) is 8.29. The summed E-state index contributed by atoms with van der Waals surface area (Å²) >= 11 is 0. The van der Waals surface area contributed by atoms with Crippen LogP contribution in [0.25, 0.3) is 6.08 Å². The van der Waals surface area contributed by atoms with Crippen LogP contribution in [0, 0.1) is 0 Å². The van der Waals surface area contributed by atoms with Crippen molar-refractivity contribution in [3.8, 4) is 0 Å². The van der Waals surface area contributed by atoms with E-state index >= 15 is 0 Å². The van der Waals surface area contributed by atoms with Gasteiger partial charge in [0.15, 0.2) is 0 Å². The minimum absolute atomic E-state index is 0.0157. The number of carboxylic acids is 1. The largest absolute Gasteiger partial charge is 0.481 e. The van der Waals surface area contributed by atoms with Crippen LogP contribution in [0.15, 0.2) is 48.0 Å². The number of carboxylic acid groups (broad SMARTS) is 1. The third-order valence-corrected chi connectivity index (χ3v) is 4.47. The molecular weight excluding hydrogens is 314 g/mol. The van der Waals surface area contributed by atoms with Gasteiger partial charge in [-0.1, -0.05) is 35.9 Å². The maximum Gasteiger partial charge on any atom is 0.310 e. The quantitative estimate of drug-likeness (QED) is 0.897. The van der Waals surface area contributed by atoms with E-state index in [4.69, 9.17) is 5.11 Å². The number of benzene rings is 2. The first-order valence-electron chi connectivity index (χ1n) is 8.29. The van der Waals surface area contributed by atoms with E-state index in [1.54, 1.807) is 24.0 Å². The zero-order valence-electron chi connectivity index (χ0n) is 14.6. The second-order valence-corrected chi connectivity index (χ2v) is 6.68. The number of hydrogen-bond donors (Lipinski definition) is 1. The summed E-state index contributed by atoms with van der Waals surface area (Å²) < 4.78 is 0. The molecule has 0 spiro atoms. The highest BCUT2D eigenvalue weighted by Gasteiger charge is 2.28. The zero-order chi connectivity index (χ0) is 18.1. The molecule has 0 radical (unpaired) electrons. The van der Waals surface area contributed by atoms with E-state index in [1.807, 2.05) is 44.2 Å². The van der Waals surface area contributed by atoms with Crippen molar-refractivity contribution in [1.29, 1.82) is 0 Å². The molecule has 0 fully saturated rings. The number of allylic oxidation sites excluding steroid dienone is 1. The Morgan fingerprint density at radius 2 is 1.84 bits per heavy atom. The molecule has 2 aromatic rings. The predicted molar refractivity (Wildman–Crippen MR) is 98.8 cm³/mol. The molecule has 1 atom stereocenters. The van der Waals surface area contributed by atoms with Gasteiger partial charge < -0.3 is 10.0 Å². The van der Waals surface area contributed by atoms with E-state index in [2.05, 4.69) is 6.08 Å². The van der Waals surface area contributed by atoms with Crippen molar-refractivity contribution in [1.82, 2.24) is 0 Å². The molecule has 1 heterocycles. The number of carbonyl (C=O) groups is 2. The van der Waals surface area contributed by atoms with E-state index in [1.165, 1.54) is 5.57 Å². The third-order valence-electron chi connectivity index (χ3n) is 4.47. The Kier molecular flexibility index (Phi) is 4.45. The second kappa shape index (κ2) is 6.55. The summed E-state index contributed by atoms with van der Waals surface area (Å²) in [5, 5.41) is 9.10. The average molecular weight is 335 g/mol. The van der Waals surface area contributed by atoms with E-state index in [9.17, 15) is 9.59 Å².